The average Bonchev–Trinajstić information content (AvgIpc) is 2.67. The molecule has 0 aromatic carbocycles. The Morgan fingerprint density at radius 3 is 1.65 bits per heavy atom. The molecule has 1 saturated heterocycles. The molecule has 1 aliphatic rings. The number of hydrogen-bond acceptors (Lipinski definition) is 8. The quantitative estimate of drug-likeness (QED) is 0.259. The number of carbonyl (C=O) groups is 2. The van der Waals surface area contributed by atoms with Crippen LogP contribution in [0.3, 0.4) is 0 Å². The fraction of sp³-hybridized carbons (Fsp3) is 0.667. The first-order valence-electron chi connectivity index (χ1n) is 8.52. The zero-order valence-corrected chi connectivity index (χ0v) is 18.7. The normalized spacial score (nSPS) is 22.1. The molecular formula is C18H28O4S4. The van der Waals surface area contributed by atoms with Gasteiger partial charge in [-0.05, 0) is 0 Å². The van der Waals surface area contributed by atoms with Gasteiger partial charge in [-0.1, -0.05) is 27.0 Å². The lowest BCUT2D eigenvalue weighted by molar-refractivity contribution is -0.138. The van der Waals surface area contributed by atoms with Crippen molar-refractivity contribution in [3.63, 3.8) is 0 Å². The van der Waals surface area contributed by atoms with Crippen LogP contribution in [0.25, 0.3) is 0 Å². The van der Waals surface area contributed by atoms with Crippen molar-refractivity contribution in [2.45, 2.75) is 34.8 Å². The molecule has 0 N–H and O–H groups in total. The largest absolute Gasteiger partial charge is 0.462 e. The SMILES string of the molecule is C=CC(=O)OCCSC(C)C1CSC(C(C)SCCOC(=O)C=C)CS1. The van der Waals surface area contributed by atoms with E-state index in [9.17, 15) is 9.59 Å². The second kappa shape index (κ2) is 13.9. The van der Waals surface area contributed by atoms with Gasteiger partial charge in [0.15, 0.2) is 0 Å². The Morgan fingerprint density at radius 1 is 0.962 bits per heavy atom. The van der Waals surface area contributed by atoms with Crippen molar-refractivity contribution in [1.82, 2.24) is 0 Å². The monoisotopic (exact) mass is 436 g/mol. The smallest absolute Gasteiger partial charge is 0.330 e. The minimum Gasteiger partial charge on any atom is -0.462 e. The molecule has 4 unspecified atom stereocenters. The van der Waals surface area contributed by atoms with Crippen molar-refractivity contribution in [3.05, 3.63) is 25.3 Å². The second-order valence-corrected chi connectivity index (χ2v) is 11.2. The predicted octanol–water partition coefficient (Wildman–Crippen LogP) is 3.91. The van der Waals surface area contributed by atoms with Crippen LogP contribution in [0.2, 0.25) is 0 Å². The predicted molar refractivity (Wildman–Crippen MR) is 119 cm³/mol. The highest BCUT2D eigenvalue weighted by Gasteiger charge is 2.29. The van der Waals surface area contributed by atoms with Crippen LogP contribution in [0.4, 0.5) is 0 Å². The van der Waals surface area contributed by atoms with Crippen molar-refractivity contribution in [1.29, 1.82) is 0 Å². The minimum absolute atomic E-state index is 0.352. The summed E-state index contributed by atoms with van der Waals surface area (Å²) in [6.45, 7) is 12.2. The number of hydrogen-bond donors (Lipinski definition) is 0. The summed E-state index contributed by atoms with van der Waals surface area (Å²) < 4.78 is 10.0. The molecule has 4 atom stereocenters. The lowest BCUT2D eigenvalue weighted by Crippen LogP contribution is -2.32. The maximum atomic E-state index is 11.0. The Kier molecular flexibility index (Phi) is 12.8. The number of thioether (sulfide) groups is 4. The molecule has 148 valence electrons. The molecule has 0 saturated carbocycles. The molecule has 1 rings (SSSR count). The molecule has 8 heteroatoms. The Hall–Kier alpha value is -0.180. The first kappa shape index (κ1) is 23.9. The molecule has 0 aromatic rings. The third kappa shape index (κ3) is 9.67. The molecule has 0 amide bonds. The summed E-state index contributed by atoms with van der Waals surface area (Å²) in [6, 6.07) is 0. The highest BCUT2D eigenvalue weighted by Crippen LogP contribution is 2.38. The van der Waals surface area contributed by atoms with Gasteiger partial charge in [-0.15, -0.1) is 0 Å². The van der Waals surface area contributed by atoms with E-state index in [1.807, 2.05) is 47.0 Å². The second-order valence-electron chi connectivity index (χ2n) is 5.64. The third-order valence-electron chi connectivity index (χ3n) is 3.75. The third-order valence-corrected chi connectivity index (χ3v) is 10.1. The maximum Gasteiger partial charge on any atom is 0.330 e. The van der Waals surface area contributed by atoms with E-state index in [1.54, 1.807) is 0 Å². The summed E-state index contributed by atoms with van der Waals surface area (Å²) in [6.07, 6.45) is 2.40. The molecule has 0 bridgehead atoms. The average molecular weight is 437 g/mol. The van der Waals surface area contributed by atoms with Gasteiger partial charge in [0.2, 0.25) is 0 Å². The van der Waals surface area contributed by atoms with Gasteiger partial charge in [0.05, 0.1) is 0 Å². The molecule has 4 nitrogen and oxygen atoms in total. The van der Waals surface area contributed by atoms with E-state index in [-0.39, 0.29) is 11.9 Å². The van der Waals surface area contributed by atoms with E-state index in [0.29, 0.717) is 34.2 Å². The number of carbonyl (C=O) groups excluding carboxylic acids is 2. The minimum atomic E-state index is -0.352. The number of rotatable bonds is 12. The molecule has 0 radical (unpaired) electrons. The lowest BCUT2D eigenvalue weighted by Gasteiger charge is -2.33. The van der Waals surface area contributed by atoms with Crippen molar-refractivity contribution in [2.24, 2.45) is 0 Å². The van der Waals surface area contributed by atoms with Crippen molar-refractivity contribution >= 4 is 59.0 Å². The van der Waals surface area contributed by atoms with E-state index in [4.69, 9.17) is 9.47 Å². The van der Waals surface area contributed by atoms with Gasteiger partial charge in [-0.2, -0.15) is 47.0 Å². The van der Waals surface area contributed by atoms with Crippen molar-refractivity contribution in [3.8, 4) is 0 Å². The standard InChI is InChI=1S/C18H28O4S4/c1-5-17(19)21-7-9-23-13(3)15-11-26-16(12-25-15)14(4)24-10-8-22-18(20)6-2/h5-6,13-16H,1-2,7-12H2,3-4H3. The zero-order valence-electron chi connectivity index (χ0n) is 15.4. The van der Waals surface area contributed by atoms with Crippen LogP contribution in [0.5, 0.6) is 0 Å². The Bertz CT molecular complexity index is 422. The molecule has 26 heavy (non-hydrogen) atoms. The van der Waals surface area contributed by atoms with Gasteiger partial charge >= 0.3 is 11.9 Å². The van der Waals surface area contributed by atoms with Crippen LogP contribution in [0.15, 0.2) is 25.3 Å². The van der Waals surface area contributed by atoms with Crippen molar-refractivity contribution in [2.75, 3.05) is 36.2 Å². The molecule has 1 heterocycles. The Labute approximate surface area is 174 Å². The summed E-state index contributed by atoms with van der Waals surface area (Å²) in [5, 5.41) is 2.33. The number of ether oxygens (including phenoxy) is 2. The summed E-state index contributed by atoms with van der Waals surface area (Å²) in [5.74, 6) is 3.23. The van der Waals surface area contributed by atoms with Gasteiger partial charge in [0, 0.05) is 56.2 Å². The van der Waals surface area contributed by atoms with E-state index < -0.39 is 0 Å². The Morgan fingerprint density at radius 2 is 1.35 bits per heavy atom. The fourth-order valence-electron chi connectivity index (χ4n) is 2.16. The summed E-state index contributed by atoms with van der Waals surface area (Å²) in [4.78, 5) is 22.0. The lowest BCUT2D eigenvalue weighted by atomic mass is 10.3. The van der Waals surface area contributed by atoms with Gasteiger partial charge in [-0.25, -0.2) is 9.59 Å². The highest BCUT2D eigenvalue weighted by atomic mass is 32.2. The molecule has 0 aromatic heterocycles. The van der Waals surface area contributed by atoms with Gasteiger partial charge in [-0.3, -0.25) is 0 Å². The topological polar surface area (TPSA) is 52.6 Å². The maximum absolute atomic E-state index is 11.0. The van der Waals surface area contributed by atoms with E-state index in [1.165, 1.54) is 12.2 Å². The summed E-state index contributed by atoms with van der Waals surface area (Å²) in [5.41, 5.74) is 0. The van der Waals surface area contributed by atoms with Crippen LogP contribution < -0.4 is 0 Å². The van der Waals surface area contributed by atoms with E-state index in [2.05, 4.69) is 27.0 Å². The molecule has 0 spiro atoms. The fourth-order valence-corrected chi connectivity index (χ4v) is 8.31. The van der Waals surface area contributed by atoms with Gasteiger partial charge in [0.1, 0.15) is 13.2 Å². The van der Waals surface area contributed by atoms with Crippen LogP contribution in [-0.4, -0.2) is 69.2 Å². The summed E-state index contributed by atoms with van der Waals surface area (Å²) >= 11 is 7.81. The van der Waals surface area contributed by atoms with Gasteiger partial charge in [0.25, 0.3) is 0 Å². The van der Waals surface area contributed by atoms with Crippen LogP contribution in [0, 0.1) is 0 Å². The molecule has 1 fully saturated rings. The zero-order chi connectivity index (χ0) is 19.4. The highest BCUT2D eigenvalue weighted by molar-refractivity contribution is 8.09. The van der Waals surface area contributed by atoms with Crippen LogP contribution in [-0.2, 0) is 19.1 Å². The van der Waals surface area contributed by atoms with E-state index in [0.717, 1.165) is 23.0 Å². The van der Waals surface area contributed by atoms with Crippen LogP contribution in [0.1, 0.15) is 13.8 Å². The van der Waals surface area contributed by atoms with Crippen molar-refractivity contribution < 1.29 is 19.1 Å². The van der Waals surface area contributed by atoms with E-state index >= 15 is 0 Å². The first-order valence-corrected chi connectivity index (χ1v) is 12.7. The first-order chi connectivity index (χ1) is 12.5. The molecule has 0 aliphatic carbocycles. The van der Waals surface area contributed by atoms with Crippen LogP contribution >= 0.6 is 47.0 Å². The number of esters is 2. The van der Waals surface area contributed by atoms with Gasteiger partial charge < -0.3 is 9.47 Å². The Balaban J connectivity index is 2.16. The molecular weight excluding hydrogens is 408 g/mol. The molecule has 1 aliphatic heterocycles. The summed E-state index contributed by atoms with van der Waals surface area (Å²) in [7, 11) is 0.